The lowest BCUT2D eigenvalue weighted by atomic mass is 10.2. The first-order valence-corrected chi connectivity index (χ1v) is 3.59. The molecular formula is C8H12S. The molecule has 50 valence electrons. The molecule has 0 aromatic rings. The van der Waals surface area contributed by atoms with Crippen molar-refractivity contribution < 1.29 is 0 Å². The fraction of sp³-hybridized carbons (Fsp3) is 0.375. The van der Waals surface area contributed by atoms with E-state index >= 15 is 0 Å². The highest BCUT2D eigenvalue weighted by Gasteiger charge is 1.90. The predicted molar refractivity (Wildman–Crippen MR) is 45.9 cm³/mol. The normalized spacial score (nSPS) is 11.3. The summed E-state index contributed by atoms with van der Waals surface area (Å²) >= 11 is 4.11. The minimum atomic E-state index is 0.365. The van der Waals surface area contributed by atoms with Gasteiger partial charge in [-0.3, -0.25) is 0 Å². The molecule has 0 spiro atoms. The third-order valence-corrected chi connectivity index (χ3v) is 1.41. The van der Waals surface area contributed by atoms with Gasteiger partial charge in [0.05, 0.1) is 0 Å². The average molecular weight is 140 g/mol. The molecule has 0 saturated carbocycles. The summed E-state index contributed by atoms with van der Waals surface area (Å²) in [6.45, 7) is 5.59. The molecular weight excluding hydrogens is 128 g/mol. The van der Waals surface area contributed by atoms with Gasteiger partial charge in [0.15, 0.2) is 0 Å². The third kappa shape index (κ3) is 4.14. The third-order valence-electron chi connectivity index (χ3n) is 0.991. The summed E-state index contributed by atoms with van der Waals surface area (Å²) in [7, 11) is 0. The van der Waals surface area contributed by atoms with Crippen LogP contribution in [0.2, 0.25) is 0 Å². The Morgan fingerprint density at radius 3 is 2.78 bits per heavy atom. The molecule has 1 atom stereocenters. The Morgan fingerprint density at radius 1 is 1.78 bits per heavy atom. The van der Waals surface area contributed by atoms with E-state index in [1.54, 1.807) is 0 Å². The molecule has 0 amide bonds. The van der Waals surface area contributed by atoms with Crippen molar-refractivity contribution in [1.82, 2.24) is 0 Å². The summed E-state index contributed by atoms with van der Waals surface area (Å²) in [5, 5.41) is 0. The van der Waals surface area contributed by atoms with Gasteiger partial charge in [0.1, 0.15) is 0 Å². The van der Waals surface area contributed by atoms with Crippen LogP contribution in [-0.2, 0) is 0 Å². The molecule has 0 aliphatic carbocycles. The van der Waals surface area contributed by atoms with E-state index in [9.17, 15) is 0 Å². The van der Waals surface area contributed by atoms with Crippen molar-refractivity contribution in [3.8, 4) is 0 Å². The largest absolute Gasteiger partial charge is 0.178 e. The van der Waals surface area contributed by atoms with Gasteiger partial charge in [-0.2, -0.15) is 12.6 Å². The van der Waals surface area contributed by atoms with Crippen LogP contribution in [0.3, 0.4) is 0 Å². The monoisotopic (exact) mass is 140 g/mol. The number of rotatable bonds is 3. The fourth-order valence-electron chi connectivity index (χ4n) is 0.415. The SMILES string of the molecule is C=CC(C=C=CC)CS. The van der Waals surface area contributed by atoms with E-state index in [0.717, 1.165) is 5.75 Å². The Balaban J connectivity index is 3.82. The Bertz CT molecular complexity index is 130. The van der Waals surface area contributed by atoms with Crippen LogP contribution in [0.1, 0.15) is 6.92 Å². The molecule has 0 bridgehead atoms. The predicted octanol–water partition coefficient (Wildman–Crippen LogP) is 2.45. The van der Waals surface area contributed by atoms with E-state index in [0.29, 0.717) is 5.92 Å². The molecule has 0 heterocycles. The standard InChI is InChI=1S/C8H12S/c1-3-5-6-8(4-2)7-9/h3-4,6,8-9H,2,7H2,1H3. The molecule has 0 nitrogen and oxygen atoms in total. The summed E-state index contributed by atoms with van der Waals surface area (Å²) < 4.78 is 0. The van der Waals surface area contributed by atoms with E-state index in [1.165, 1.54) is 0 Å². The first-order valence-electron chi connectivity index (χ1n) is 2.95. The van der Waals surface area contributed by atoms with Gasteiger partial charge in [-0.15, -0.1) is 12.3 Å². The zero-order valence-corrected chi connectivity index (χ0v) is 6.57. The Kier molecular flexibility index (Phi) is 5.49. The van der Waals surface area contributed by atoms with Crippen LogP contribution >= 0.6 is 12.6 Å². The highest BCUT2D eigenvalue weighted by Crippen LogP contribution is 2.00. The molecule has 0 aliphatic rings. The quantitative estimate of drug-likeness (QED) is 0.347. The van der Waals surface area contributed by atoms with Gasteiger partial charge in [0.2, 0.25) is 0 Å². The number of hydrogen-bond acceptors (Lipinski definition) is 1. The lowest BCUT2D eigenvalue weighted by Crippen LogP contribution is -1.89. The fourth-order valence-corrected chi connectivity index (χ4v) is 0.670. The Morgan fingerprint density at radius 2 is 2.44 bits per heavy atom. The molecule has 0 N–H and O–H groups in total. The van der Waals surface area contributed by atoms with Crippen molar-refractivity contribution in [3.05, 3.63) is 30.5 Å². The summed E-state index contributed by atoms with van der Waals surface area (Å²) in [6.07, 6.45) is 5.70. The van der Waals surface area contributed by atoms with Crippen LogP contribution < -0.4 is 0 Å². The summed E-state index contributed by atoms with van der Waals surface area (Å²) in [5.41, 5.74) is 2.98. The van der Waals surface area contributed by atoms with Gasteiger partial charge in [-0.25, -0.2) is 0 Å². The number of allylic oxidation sites excluding steroid dienone is 2. The summed E-state index contributed by atoms with van der Waals surface area (Å²) in [5.74, 6) is 1.18. The van der Waals surface area contributed by atoms with Crippen molar-refractivity contribution in [1.29, 1.82) is 0 Å². The molecule has 0 aromatic heterocycles. The molecule has 1 heteroatoms. The Labute approximate surface area is 62.4 Å². The van der Waals surface area contributed by atoms with Crippen molar-refractivity contribution >= 4 is 12.6 Å². The van der Waals surface area contributed by atoms with Crippen LogP contribution in [0.5, 0.6) is 0 Å². The maximum atomic E-state index is 4.11. The lowest BCUT2D eigenvalue weighted by molar-refractivity contribution is 0.967. The molecule has 0 aliphatic heterocycles. The minimum Gasteiger partial charge on any atom is -0.178 e. The first kappa shape index (κ1) is 8.61. The van der Waals surface area contributed by atoms with Gasteiger partial charge in [-0.1, -0.05) is 6.08 Å². The molecule has 1 unspecified atom stereocenters. The smallest absolute Gasteiger partial charge is 0.0108 e. The second-order valence-electron chi connectivity index (χ2n) is 1.70. The van der Waals surface area contributed by atoms with Crippen LogP contribution in [-0.4, -0.2) is 5.75 Å². The van der Waals surface area contributed by atoms with E-state index in [2.05, 4.69) is 24.9 Å². The zero-order chi connectivity index (χ0) is 7.11. The van der Waals surface area contributed by atoms with Crippen LogP contribution in [0.25, 0.3) is 0 Å². The molecule has 0 saturated heterocycles. The van der Waals surface area contributed by atoms with Crippen LogP contribution in [0.4, 0.5) is 0 Å². The second kappa shape index (κ2) is 5.74. The molecule has 0 fully saturated rings. The zero-order valence-electron chi connectivity index (χ0n) is 5.67. The second-order valence-corrected chi connectivity index (χ2v) is 2.07. The highest BCUT2D eigenvalue weighted by atomic mass is 32.1. The minimum absolute atomic E-state index is 0.365. The van der Waals surface area contributed by atoms with Crippen molar-refractivity contribution in [2.45, 2.75) is 6.92 Å². The molecule has 0 aromatic carbocycles. The lowest BCUT2D eigenvalue weighted by Gasteiger charge is -1.96. The topological polar surface area (TPSA) is 0 Å². The van der Waals surface area contributed by atoms with Gasteiger partial charge in [0, 0.05) is 11.7 Å². The van der Waals surface area contributed by atoms with Crippen molar-refractivity contribution in [2.75, 3.05) is 5.75 Å². The van der Waals surface area contributed by atoms with Crippen LogP contribution in [0, 0.1) is 5.92 Å². The average Bonchev–Trinajstić information content (AvgIpc) is 1.91. The van der Waals surface area contributed by atoms with Gasteiger partial charge in [-0.05, 0) is 19.1 Å². The number of hydrogen-bond donors (Lipinski definition) is 1. The van der Waals surface area contributed by atoms with Gasteiger partial charge in [0.25, 0.3) is 0 Å². The first-order chi connectivity index (χ1) is 4.35. The molecule has 9 heavy (non-hydrogen) atoms. The maximum absolute atomic E-state index is 4.11. The Hall–Kier alpha value is -0.390. The van der Waals surface area contributed by atoms with E-state index in [1.807, 2.05) is 25.2 Å². The van der Waals surface area contributed by atoms with E-state index < -0.39 is 0 Å². The summed E-state index contributed by atoms with van der Waals surface area (Å²) in [4.78, 5) is 0. The van der Waals surface area contributed by atoms with Gasteiger partial charge < -0.3 is 0 Å². The van der Waals surface area contributed by atoms with E-state index in [4.69, 9.17) is 0 Å². The number of thiol groups is 1. The van der Waals surface area contributed by atoms with Crippen molar-refractivity contribution in [3.63, 3.8) is 0 Å². The molecule has 0 radical (unpaired) electrons. The molecule has 0 rings (SSSR count). The van der Waals surface area contributed by atoms with Crippen LogP contribution in [0.15, 0.2) is 30.5 Å². The highest BCUT2D eigenvalue weighted by molar-refractivity contribution is 7.80. The van der Waals surface area contributed by atoms with Crippen molar-refractivity contribution in [2.24, 2.45) is 5.92 Å². The van der Waals surface area contributed by atoms with E-state index in [-0.39, 0.29) is 0 Å². The van der Waals surface area contributed by atoms with Gasteiger partial charge >= 0.3 is 0 Å². The summed E-state index contributed by atoms with van der Waals surface area (Å²) in [6, 6.07) is 0. The maximum Gasteiger partial charge on any atom is 0.0108 e.